The molecule has 8 nitrogen and oxygen atoms in total. The van der Waals surface area contributed by atoms with Crippen molar-refractivity contribution in [2.24, 2.45) is 0 Å². The fourth-order valence-electron chi connectivity index (χ4n) is 2.60. The fourth-order valence-corrected chi connectivity index (χ4v) is 3.10. The third-order valence-electron chi connectivity index (χ3n) is 4.37. The maximum Gasteiger partial charge on any atom is 0.261 e. The number of benzene rings is 2. The van der Waals surface area contributed by atoms with Gasteiger partial charge in [-0.1, -0.05) is 19.1 Å². The van der Waals surface area contributed by atoms with E-state index in [2.05, 4.69) is 5.32 Å². The highest BCUT2D eigenvalue weighted by Crippen LogP contribution is 2.25. The summed E-state index contributed by atoms with van der Waals surface area (Å²) in [7, 11) is -0.298. The van der Waals surface area contributed by atoms with Crippen molar-refractivity contribution in [2.75, 3.05) is 37.9 Å². The molecule has 0 aliphatic rings. The van der Waals surface area contributed by atoms with Crippen molar-refractivity contribution in [1.29, 1.82) is 0 Å². The van der Waals surface area contributed by atoms with Gasteiger partial charge >= 0.3 is 0 Å². The summed E-state index contributed by atoms with van der Waals surface area (Å²) < 4.78 is 41.0. The van der Waals surface area contributed by atoms with E-state index in [9.17, 15) is 13.2 Å². The van der Waals surface area contributed by atoms with E-state index < -0.39 is 16.1 Å². The Morgan fingerprint density at radius 3 is 2.30 bits per heavy atom. The number of rotatable bonds is 11. The highest BCUT2D eigenvalue weighted by molar-refractivity contribution is 7.92. The standard InChI is InChI=1S/C21H28N2O6S/c1-5-18(29-17-12-10-16(11-13-17)23(2)30(4,25)26)21(24)22-14-15-28-20-9-7-6-8-19(20)27-3/h6-13,18H,5,14-15H2,1-4H3,(H,22,24)/t18-/m0/s1. The molecule has 0 fully saturated rings. The number of anilines is 1. The van der Waals surface area contributed by atoms with Crippen LogP contribution in [-0.2, 0) is 14.8 Å². The van der Waals surface area contributed by atoms with Gasteiger partial charge in [0.25, 0.3) is 5.91 Å². The van der Waals surface area contributed by atoms with Crippen molar-refractivity contribution in [3.8, 4) is 17.2 Å². The van der Waals surface area contributed by atoms with Gasteiger partial charge in [-0.25, -0.2) is 8.42 Å². The van der Waals surface area contributed by atoms with Crippen molar-refractivity contribution in [3.05, 3.63) is 48.5 Å². The second-order valence-electron chi connectivity index (χ2n) is 6.53. The number of hydrogen-bond acceptors (Lipinski definition) is 6. The molecule has 0 aliphatic carbocycles. The number of sulfonamides is 1. The molecule has 0 aromatic heterocycles. The Balaban J connectivity index is 1.86. The monoisotopic (exact) mass is 436 g/mol. The molecule has 0 radical (unpaired) electrons. The summed E-state index contributed by atoms with van der Waals surface area (Å²) in [5.41, 5.74) is 0.510. The number of nitrogens with one attached hydrogen (secondary N) is 1. The maximum absolute atomic E-state index is 12.4. The molecule has 2 aromatic carbocycles. The molecule has 0 spiro atoms. The summed E-state index contributed by atoms with van der Waals surface area (Å²) >= 11 is 0. The minimum absolute atomic E-state index is 0.251. The first-order chi connectivity index (χ1) is 14.3. The SMILES string of the molecule is CC[C@H](Oc1ccc(N(C)S(C)(=O)=O)cc1)C(=O)NCCOc1ccccc1OC. The second-order valence-corrected chi connectivity index (χ2v) is 8.54. The maximum atomic E-state index is 12.4. The van der Waals surface area contributed by atoms with E-state index in [1.807, 2.05) is 19.1 Å². The number of para-hydroxylation sites is 2. The Labute approximate surface area is 177 Å². The molecule has 1 amide bonds. The van der Waals surface area contributed by atoms with Crippen molar-refractivity contribution < 1.29 is 27.4 Å². The molecule has 0 heterocycles. The normalized spacial score (nSPS) is 12.0. The smallest absolute Gasteiger partial charge is 0.261 e. The first kappa shape index (κ1) is 23.3. The van der Waals surface area contributed by atoms with Gasteiger partial charge in [0.2, 0.25) is 10.0 Å². The lowest BCUT2D eigenvalue weighted by Crippen LogP contribution is -2.39. The minimum Gasteiger partial charge on any atom is -0.493 e. The van der Waals surface area contributed by atoms with Crippen LogP contribution in [0.3, 0.4) is 0 Å². The molecule has 0 saturated heterocycles. The summed E-state index contributed by atoms with van der Waals surface area (Å²) in [6.07, 6.45) is 0.936. The highest BCUT2D eigenvalue weighted by Gasteiger charge is 2.18. The summed E-state index contributed by atoms with van der Waals surface area (Å²) in [4.78, 5) is 12.4. The number of carbonyl (C=O) groups is 1. The number of nitrogens with zero attached hydrogens (tertiary/aromatic N) is 1. The van der Waals surface area contributed by atoms with Crippen LogP contribution in [0.4, 0.5) is 5.69 Å². The third kappa shape index (κ3) is 6.55. The van der Waals surface area contributed by atoms with Gasteiger partial charge in [0.15, 0.2) is 17.6 Å². The van der Waals surface area contributed by atoms with E-state index in [0.717, 1.165) is 6.26 Å². The summed E-state index contributed by atoms with van der Waals surface area (Å²) in [5.74, 6) is 1.46. The predicted octanol–water partition coefficient (Wildman–Crippen LogP) is 2.44. The van der Waals surface area contributed by atoms with E-state index in [1.54, 1.807) is 43.5 Å². The lowest BCUT2D eigenvalue weighted by Gasteiger charge is -2.19. The van der Waals surface area contributed by atoms with Crippen LogP contribution in [0.15, 0.2) is 48.5 Å². The van der Waals surface area contributed by atoms with E-state index in [1.165, 1.54) is 11.4 Å². The van der Waals surface area contributed by atoms with Crippen molar-refractivity contribution in [1.82, 2.24) is 5.32 Å². The molecule has 0 saturated carbocycles. The zero-order valence-corrected chi connectivity index (χ0v) is 18.4. The lowest BCUT2D eigenvalue weighted by atomic mass is 10.2. The average molecular weight is 437 g/mol. The third-order valence-corrected chi connectivity index (χ3v) is 5.57. The Bertz CT molecular complexity index is 931. The zero-order chi connectivity index (χ0) is 22.1. The zero-order valence-electron chi connectivity index (χ0n) is 17.6. The Morgan fingerprint density at radius 1 is 1.10 bits per heavy atom. The first-order valence-electron chi connectivity index (χ1n) is 9.50. The summed E-state index contributed by atoms with van der Waals surface area (Å²) in [6, 6.07) is 13.8. The fraction of sp³-hybridized carbons (Fsp3) is 0.381. The van der Waals surface area contributed by atoms with Crippen LogP contribution in [0.1, 0.15) is 13.3 Å². The van der Waals surface area contributed by atoms with Gasteiger partial charge in [0.05, 0.1) is 25.6 Å². The van der Waals surface area contributed by atoms with E-state index in [-0.39, 0.29) is 12.5 Å². The summed E-state index contributed by atoms with van der Waals surface area (Å²) in [5, 5.41) is 2.79. The largest absolute Gasteiger partial charge is 0.493 e. The van der Waals surface area contributed by atoms with E-state index in [4.69, 9.17) is 14.2 Å². The molecule has 9 heteroatoms. The van der Waals surface area contributed by atoms with E-state index in [0.29, 0.717) is 35.9 Å². The van der Waals surface area contributed by atoms with Gasteiger partial charge in [-0.2, -0.15) is 0 Å². The van der Waals surface area contributed by atoms with Gasteiger partial charge in [0.1, 0.15) is 12.4 Å². The van der Waals surface area contributed by atoms with Gasteiger partial charge < -0.3 is 19.5 Å². The van der Waals surface area contributed by atoms with Crippen molar-refractivity contribution in [3.63, 3.8) is 0 Å². The molecule has 30 heavy (non-hydrogen) atoms. The van der Waals surface area contributed by atoms with Gasteiger partial charge in [-0.05, 0) is 42.8 Å². The number of ether oxygens (including phenoxy) is 3. The van der Waals surface area contributed by atoms with Gasteiger partial charge in [-0.3, -0.25) is 9.10 Å². The molecule has 1 atom stereocenters. The molecular weight excluding hydrogens is 408 g/mol. The Hall–Kier alpha value is -2.94. The Morgan fingerprint density at radius 2 is 1.73 bits per heavy atom. The molecule has 0 unspecified atom stereocenters. The highest BCUT2D eigenvalue weighted by atomic mass is 32.2. The van der Waals surface area contributed by atoms with Gasteiger partial charge in [-0.15, -0.1) is 0 Å². The second kappa shape index (κ2) is 10.7. The van der Waals surface area contributed by atoms with Crippen molar-refractivity contribution in [2.45, 2.75) is 19.4 Å². The van der Waals surface area contributed by atoms with Crippen LogP contribution in [0, 0.1) is 0 Å². The number of carbonyl (C=O) groups excluding carboxylic acids is 1. The van der Waals surface area contributed by atoms with Crippen LogP contribution in [0.2, 0.25) is 0 Å². The number of methoxy groups -OCH3 is 1. The Kier molecular flexibility index (Phi) is 8.35. The van der Waals surface area contributed by atoms with E-state index >= 15 is 0 Å². The molecular formula is C21H28N2O6S. The number of amides is 1. The quantitative estimate of drug-likeness (QED) is 0.544. The molecule has 164 valence electrons. The topological polar surface area (TPSA) is 94.2 Å². The van der Waals surface area contributed by atoms with Crippen LogP contribution >= 0.6 is 0 Å². The molecule has 2 rings (SSSR count). The van der Waals surface area contributed by atoms with Crippen LogP contribution in [-0.4, -0.2) is 54.0 Å². The summed E-state index contributed by atoms with van der Waals surface area (Å²) in [6.45, 7) is 2.45. The van der Waals surface area contributed by atoms with Crippen LogP contribution in [0.5, 0.6) is 17.2 Å². The first-order valence-corrected chi connectivity index (χ1v) is 11.3. The average Bonchev–Trinajstić information content (AvgIpc) is 2.74. The predicted molar refractivity (Wildman–Crippen MR) is 116 cm³/mol. The molecule has 0 aliphatic heterocycles. The van der Waals surface area contributed by atoms with Gasteiger partial charge in [0, 0.05) is 7.05 Å². The lowest BCUT2D eigenvalue weighted by molar-refractivity contribution is -0.128. The van der Waals surface area contributed by atoms with Crippen molar-refractivity contribution >= 4 is 21.6 Å². The van der Waals surface area contributed by atoms with Crippen LogP contribution < -0.4 is 23.8 Å². The van der Waals surface area contributed by atoms with Crippen LogP contribution in [0.25, 0.3) is 0 Å². The molecule has 2 aromatic rings. The number of hydrogen-bond donors (Lipinski definition) is 1. The minimum atomic E-state index is -3.34. The molecule has 1 N–H and O–H groups in total. The molecule has 0 bridgehead atoms.